The second-order valence-electron chi connectivity index (χ2n) is 5.91. The van der Waals surface area contributed by atoms with Crippen molar-refractivity contribution in [2.45, 2.75) is 70.6 Å². The van der Waals surface area contributed by atoms with Crippen LogP contribution < -0.4 is 0 Å². The van der Waals surface area contributed by atoms with Gasteiger partial charge in [-0.3, -0.25) is 4.79 Å². The van der Waals surface area contributed by atoms with Crippen molar-refractivity contribution < 1.29 is 4.79 Å². The molecule has 0 unspecified atom stereocenters. The summed E-state index contributed by atoms with van der Waals surface area (Å²) in [5.74, 6) is 0.0220. The Balaban J connectivity index is 2.04. The largest absolute Gasteiger partial charge is 0.287 e. The molecule has 0 N–H and O–H groups in total. The number of rotatable bonds is 2. The molecule has 0 amide bonds. The first-order valence-corrected chi connectivity index (χ1v) is 9.50. The van der Waals surface area contributed by atoms with Crippen molar-refractivity contribution in [2.24, 2.45) is 0 Å². The van der Waals surface area contributed by atoms with Crippen molar-refractivity contribution in [3.05, 3.63) is 33.0 Å². The van der Waals surface area contributed by atoms with E-state index >= 15 is 0 Å². The van der Waals surface area contributed by atoms with Gasteiger partial charge in [0.25, 0.3) is 0 Å². The molecular weight excluding hydrogens is 300 g/mol. The lowest BCUT2D eigenvalue weighted by Gasteiger charge is -2.12. The molecule has 3 heteroatoms. The predicted molar refractivity (Wildman–Crippen MR) is 92.3 cm³/mol. The highest BCUT2D eigenvalue weighted by Gasteiger charge is 2.16. The van der Waals surface area contributed by atoms with E-state index in [2.05, 4.69) is 0 Å². The van der Waals surface area contributed by atoms with E-state index in [0.29, 0.717) is 5.03 Å². The van der Waals surface area contributed by atoms with Gasteiger partial charge in [0.1, 0.15) is 0 Å². The van der Waals surface area contributed by atoms with Crippen LogP contribution in [0.2, 0.25) is 0 Å². The molecule has 0 radical (unpaired) electrons. The van der Waals surface area contributed by atoms with E-state index in [1.807, 2.05) is 17.5 Å². The first-order chi connectivity index (χ1) is 10.3. The fraction of sp³-hybridized carbons (Fsp3) is 0.611. The first kappa shape index (κ1) is 16.8. The number of thiophene rings is 1. The third-order valence-electron chi connectivity index (χ3n) is 4.21. The summed E-state index contributed by atoms with van der Waals surface area (Å²) in [6.45, 7) is 0. The lowest BCUT2D eigenvalue weighted by Crippen LogP contribution is -2.01. The van der Waals surface area contributed by atoms with Gasteiger partial charge in [-0.05, 0) is 42.7 Å². The van der Waals surface area contributed by atoms with Gasteiger partial charge in [-0.1, -0.05) is 62.6 Å². The fourth-order valence-corrected chi connectivity index (χ4v) is 3.95. The third-order valence-corrected chi connectivity index (χ3v) is 5.52. The second-order valence-corrected chi connectivity index (χ2v) is 7.23. The van der Waals surface area contributed by atoms with Crippen LogP contribution in [0.5, 0.6) is 0 Å². The Kier molecular flexibility index (Phi) is 7.52. The van der Waals surface area contributed by atoms with Crippen molar-refractivity contribution in [3.8, 4) is 0 Å². The summed E-state index contributed by atoms with van der Waals surface area (Å²) >= 11 is 7.91. The van der Waals surface area contributed by atoms with Gasteiger partial charge in [0.15, 0.2) is 0 Å². The van der Waals surface area contributed by atoms with Crippen LogP contribution in [0.15, 0.2) is 28.1 Å². The van der Waals surface area contributed by atoms with Crippen molar-refractivity contribution in [2.75, 3.05) is 0 Å². The summed E-state index contributed by atoms with van der Waals surface area (Å²) < 4.78 is 0. The minimum absolute atomic E-state index is 0.0220. The van der Waals surface area contributed by atoms with E-state index in [1.165, 1.54) is 74.7 Å². The van der Waals surface area contributed by atoms with E-state index in [1.54, 1.807) is 0 Å². The van der Waals surface area contributed by atoms with Crippen molar-refractivity contribution in [3.63, 3.8) is 0 Å². The van der Waals surface area contributed by atoms with Crippen LogP contribution in [0, 0.1) is 0 Å². The molecule has 21 heavy (non-hydrogen) atoms. The normalized spacial score (nSPS) is 18.6. The molecule has 0 aliphatic heterocycles. The standard InChI is InChI=1S/C18H25ClOS/c19-17(18(20)16-13-10-14-21-16)15-11-8-6-4-2-1-3-5-7-9-12-15/h10,13-14H,1-9,11-12H2. The predicted octanol–water partition coefficient (Wildman–Crippen LogP) is 6.73. The quantitative estimate of drug-likeness (QED) is 0.435. The molecule has 0 atom stereocenters. The maximum absolute atomic E-state index is 12.4. The van der Waals surface area contributed by atoms with Gasteiger partial charge < -0.3 is 0 Å². The first-order valence-electron chi connectivity index (χ1n) is 8.25. The zero-order chi connectivity index (χ0) is 14.9. The number of carbonyl (C=O) groups is 1. The van der Waals surface area contributed by atoms with Crippen LogP contribution in [-0.2, 0) is 0 Å². The Bertz CT molecular complexity index is 448. The van der Waals surface area contributed by atoms with Crippen LogP contribution in [0.3, 0.4) is 0 Å². The molecule has 1 aromatic rings. The SMILES string of the molecule is O=C(C(Cl)=C1CCCCCCCCCCC1)c1cccs1. The molecule has 1 aromatic heterocycles. The number of hydrogen-bond donors (Lipinski definition) is 0. The molecule has 116 valence electrons. The summed E-state index contributed by atoms with van der Waals surface area (Å²) in [5.41, 5.74) is 1.19. The molecule has 2 rings (SSSR count). The minimum Gasteiger partial charge on any atom is -0.287 e. The number of halogens is 1. The van der Waals surface area contributed by atoms with E-state index in [-0.39, 0.29) is 5.78 Å². The Morgan fingerprint density at radius 3 is 1.90 bits per heavy atom. The Hall–Kier alpha value is -0.600. The monoisotopic (exact) mass is 324 g/mol. The van der Waals surface area contributed by atoms with Gasteiger partial charge in [-0.25, -0.2) is 0 Å². The zero-order valence-electron chi connectivity index (χ0n) is 12.7. The zero-order valence-corrected chi connectivity index (χ0v) is 14.3. The Labute approximate surface area is 137 Å². The number of Topliss-reactive ketones (excluding diaryl/α,β-unsaturated/α-hetero) is 1. The molecule has 0 bridgehead atoms. The third kappa shape index (κ3) is 5.60. The molecule has 1 saturated carbocycles. The number of hydrogen-bond acceptors (Lipinski definition) is 2. The highest BCUT2D eigenvalue weighted by Crippen LogP contribution is 2.27. The topological polar surface area (TPSA) is 17.1 Å². The number of ketones is 1. The summed E-state index contributed by atoms with van der Waals surface area (Å²) in [4.78, 5) is 13.2. The summed E-state index contributed by atoms with van der Waals surface area (Å²) in [6, 6.07) is 3.78. The van der Waals surface area contributed by atoms with Crippen molar-refractivity contribution in [1.82, 2.24) is 0 Å². The van der Waals surface area contributed by atoms with Crippen LogP contribution >= 0.6 is 22.9 Å². The molecule has 1 aliphatic rings. The number of allylic oxidation sites excluding steroid dienone is 2. The van der Waals surface area contributed by atoms with E-state index < -0.39 is 0 Å². The van der Waals surface area contributed by atoms with Crippen molar-refractivity contribution >= 4 is 28.7 Å². The van der Waals surface area contributed by atoms with Gasteiger partial charge in [0.05, 0.1) is 9.91 Å². The number of carbonyl (C=O) groups excluding carboxylic acids is 1. The summed E-state index contributed by atoms with van der Waals surface area (Å²) in [5, 5.41) is 2.43. The van der Waals surface area contributed by atoms with Crippen LogP contribution in [0.4, 0.5) is 0 Å². The van der Waals surface area contributed by atoms with Crippen LogP contribution in [-0.4, -0.2) is 5.78 Å². The summed E-state index contributed by atoms with van der Waals surface area (Å²) in [7, 11) is 0. The summed E-state index contributed by atoms with van der Waals surface area (Å²) in [6.07, 6.45) is 13.6. The van der Waals surface area contributed by atoms with Gasteiger partial charge in [0, 0.05) is 0 Å². The highest BCUT2D eigenvalue weighted by atomic mass is 35.5. The van der Waals surface area contributed by atoms with E-state index in [9.17, 15) is 4.79 Å². The maximum atomic E-state index is 12.4. The maximum Gasteiger partial charge on any atom is 0.214 e. The lowest BCUT2D eigenvalue weighted by atomic mass is 9.96. The average molecular weight is 325 g/mol. The van der Waals surface area contributed by atoms with Gasteiger partial charge in [-0.2, -0.15) is 0 Å². The molecular formula is C18H25ClOS. The minimum atomic E-state index is 0.0220. The average Bonchev–Trinajstić information content (AvgIpc) is 3.00. The van der Waals surface area contributed by atoms with Crippen LogP contribution in [0.25, 0.3) is 0 Å². The molecule has 0 aromatic carbocycles. The molecule has 1 fully saturated rings. The molecule has 0 saturated heterocycles. The van der Waals surface area contributed by atoms with Gasteiger partial charge in [0.2, 0.25) is 5.78 Å². The van der Waals surface area contributed by atoms with E-state index in [0.717, 1.165) is 17.7 Å². The lowest BCUT2D eigenvalue weighted by molar-refractivity contribution is 0.104. The molecule has 1 heterocycles. The molecule has 0 spiro atoms. The molecule has 1 nitrogen and oxygen atoms in total. The Morgan fingerprint density at radius 2 is 1.43 bits per heavy atom. The highest BCUT2D eigenvalue weighted by molar-refractivity contribution is 7.12. The Morgan fingerprint density at radius 1 is 0.905 bits per heavy atom. The van der Waals surface area contributed by atoms with Crippen molar-refractivity contribution in [1.29, 1.82) is 0 Å². The van der Waals surface area contributed by atoms with E-state index in [4.69, 9.17) is 11.6 Å². The van der Waals surface area contributed by atoms with Crippen LogP contribution in [0.1, 0.15) is 80.3 Å². The second kappa shape index (κ2) is 9.42. The fourth-order valence-electron chi connectivity index (χ4n) is 2.94. The van der Waals surface area contributed by atoms with Gasteiger partial charge in [-0.15, -0.1) is 11.3 Å². The smallest absolute Gasteiger partial charge is 0.214 e. The molecule has 1 aliphatic carbocycles. The van der Waals surface area contributed by atoms with Gasteiger partial charge >= 0.3 is 0 Å².